The lowest BCUT2D eigenvalue weighted by atomic mass is 10.2. The van der Waals surface area contributed by atoms with Crippen LogP contribution in [0.15, 0.2) is 47.4 Å². The lowest BCUT2D eigenvalue weighted by molar-refractivity contribution is -0.0258. The minimum Gasteiger partial charge on any atom is -0.322 e. The van der Waals surface area contributed by atoms with E-state index in [9.17, 15) is 17.6 Å². The summed E-state index contributed by atoms with van der Waals surface area (Å²) >= 11 is 1.87. The molecule has 0 aliphatic heterocycles. The van der Waals surface area contributed by atoms with Crippen molar-refractivity contribution in [1.82, 2.24) is 4.47 Å². The van der Waals surface area contributed by atoms with Gasteiger partial charge in [0.2, 0.25) is 0 Å². The fourth-order valence-electron chi connectivity index (χ4n) is 1.83. The molecule has 0 fully saturated rings. The third kappa shape index (κ3) is 4.09. The number of hydroxylamine groups is 1. The summed E-state index contributed by atoms with van der Waals surface area (Å²) in [6, 6.07) is 9.49. The Balaban J connectivity index is 2.19. The van der Waals surface area contributed by atoms with Crippen LogP contribution in [-0.2, 0) is 14.9 Å². The molecule has 0 saturated carbocycles. The molecule has 24 heavy (non-hydrogen) atoms. The third-order valence-electron chi connectivity index (χ3n) is 3.18. The Morgan fingerprint density at radius 3 is 2.38 bits per heavy atom. The standard InChI is InChI=1S/C15H14FIN2O4S/c1-19(23-2)24(21,22)12-6-4-11(5-7-12)18-15(20)13-8-3-10(16)9-14(13)17/h3-9H,1-2H3,(H,18,20). The Hall–Kier alpha value is -1.56. The van der Waals surface area contributed by atoms with Gasteiger partial charge in [-0.15, -0.1) is 0 Å². The van der Waals surface area contributed by atoms with E-state index >= 15 is 0 Å². The smallest absolute Gasteiger partial charge is 0.264 e. The fraction of sp³-hybridized carbons (Fsp3) is 0.133. The number of halogens is 2. The maximum Gasteiger partial charge on any atom is 0.264 e. The van der Waals surface area contributed by atoms with Crippen LogP contribution in [0.5, 0.6) is 0 Å². The van der Waals surface area contributed by atoms with Gasteiger partial charge in [0.05, 0.1) is 17.6 Å². The van der Waals surface area contributed by atoms with E-state index in [1.165, 1.54) is 56.6 Å². The zero-order valence-corrected chi connectivity index (χ0v) is 15.8. The zero-order valence-electron chi connectivity index (χ0n) is 12.8. The molecule has 0 unspecified atom stereocenters. The van der Waals surface area contributed by atoms with Gasteiger partial charge in [-0.2, -0.15) is 0 Å². The molecule has 6 nitrogen and oxygen atoms in total. The molecule has 0 aliphatic carbocycles. The average Bonchev–Trinajstić information content (AvgIpc) is 2.54. The second kappa shape index (κ2) is 7.55. The second-order valence-corrected chi connectivity index (χ2v) is 7.80. The Kier molecular flexibility index (Phi) is 5.91. The van der Waals surface area contributed by atoms with Gasteiger partial charge in [0.15, 0.2) is 0 Å². The van der Waals surface area contributed by atoms with Crippen molar-refractivity contribution >= 4 is 44.2 Å². The Morgan fingerprint density at radius 2 is 1.83 bits per heavy atom. The first-order chi connectivity index (χ1) is 11.3. The van der Waals surface area contributed by atoms with Crippen LogP contribution in [-0.4, -0.2) is 33.0 Å². The van der Waals surface area contributed by atoms with Crippen molar-refractivity contribution in [3.05, 3.63) is 57.4 Å². The molecule has 0 saturated heterocycles. The molecular formula is C15H14FIN2O4S. The highest BCUT2D eigenvalue weighted by atomic mass is 127. The summed E-state index contributed by atoms with van der Waals surface area (Å²) in [4.78, 5) is 16.9. The average molecular weight is 464 g/mol. The predicted octanol–water partition coefficient (Wildman–Crippen LogP) is 2.86. The molecule has 0 bridgehead atoms. The molecule has 1 N–H and O–H groups in total. The molecule has 0 radical (unpaired) electrons. The highest BCUT2D eigenvalue weighted by molar-refractivity contribution is 14.1. The van der Waals surface area contributed by atoms with Gasteiger partial charge >= 0.3 is 0 Å². The number of amides is 1. The van der Waals surface area contributed by atoms with Gasteiger partial charge in [-0.1, -0.05) is 4.47 Å². The molecule has 0 aliphatic rings. The molecule has 0 atom stereocenters. The number of hydrogen-bond acceptors (Lipinski definition) is 4. The largest absolute Gasteiger partial charge is 0.322 e. The summed E-state index contributed by atoms with van der Waals surface area (Å²) < 4.78 is 38.4. The van der Waals surface area contributed by atoms with Gasteiger partial charge < -0.3 is 5.32 Å². The van der Waals surface area contributed by atoms with Crippen LogP contribution in [0.2, 0.25) is 0 Å². The van der Waals surface area contributed by atoms with Crippen molar-refractivity contribution in [1.29, 1.82) is 0 Å². The second-order valence-electron chi connectivity index (χ2n) is 4.70. The summed E-state index contributed by atoms with van der Waals surface area (Å²) in [6.07, 6.45) is 0. The van der Waals surface area contributed by atoms with E-state index < -0.39 is 21.7 Å². The first-order valence-electron chi connectivity index (χ1n) is 6.65. The monoisotopic (exact) mass is 464 g/mol. The van der Waals surface area contributed by atoms with Crippen LogP contribution >= 0.6 is 22.6 Å². The van der Waals surface area contributed by atoms with Crippen molar-refractivity contribution in [2.75, 3.05) is 19.5 Å². The van der Waals surface area contributed by atoms with E-state index in [0.717, 1.165) is 4.47 Å². The van der Waals surface area contributed by atoms with Crippen molar-refractivity contribution in [2.45, 2.75) is 4.90 Å². The molecule has 0 spiro atoms. The van der Waals surface area contributed by atoms with Crippen LogP contribution in [0.1, 0.15) is 10.4 Å². The van der Waals surface area contributed by atoms with E-state index in [-0.39, 0.29) is 4.90 Å². The predicted molar refractivity (Wildman–Crippen MR) is 95.5 cm³/mol. The summed E-state index contributed by atoms with van der Waals surface area (Å²) in [6.45, 7) is 0. The number of carbonyl (C=O) groups is 1. The maximum atomic E-state index is 13.1. The number of anilines is 1. The van der Waals surface area contributed by atoms with Crippen LogP contribution < -0.4 is 5.32 Å². The molecule has 0 aromatic heterocycles. The molecule has 128 valence electrons. The molecule has 2 aromatic carbocycles. The highest BCUT2D eigenvalue weighted by Gasteiger charge is 2.20. The molecule has 1 amide bonds. The summed E-state index contributed by atoms with van der Waals surface area (Å²) in [5.74, 6) is -0.836. The lowest BCUT2D eigenvalue weighted by Crippen LogP contribution is -2.25. The number of rotatable bonds is 5. The summed E-state index contributed by atoms with van der Waals surface area (Å²) in [5.41, 5.74) is 0.743. The maximum absolute atomic E-state index is 13.1. The van der Waals surface area contributed by atoms with E-state index in [2.05, 4.69) is 10.2 Å². The zero-order chi connectivity index (χ0) is 17.9. The molecular weight excluding hydrogens is 450 g/mol. The van der Waals surface area contributed by atoms with Gasteiger partial charge in [0, 0.05) is 16.3 Å². The lowest BCUT2D eigenvalue weighted by Gasteiger charge is -2.14. The van der Waals surface area contributed by atoms with Gasteiger partial charge in [-0.05, 0) is 65.1 Å². The first kappa shape index (κ1) is 18.8. The SMILES string of the molecule is CON(C)S(=O)(=O)c1ccc(NC(=O)c2ccc(F)cc2I)cc1. The fourth-order valence-corrected chi connectivity index (χ4v) is 3.52. The van der Waals surface area contributed by atoms with E-state index in [0.29, 0.717) is 14.8 Å². The number of nitrogens with one attached hydrogen (secondary N) is 1. The van der Waals surface area contributed by atoms with Crippen LogP contribution in [0.4, 0.5) is 10.1 Å². The molecule has 2 aromatic rings. The Morgan fingerprint density at radius 1 is 1.21 bits per heavy atom. The Bertz CT molecular complexity index is 856. The van der Waals surface area contributed by atoms with Crippen molar-refractivity contribution in [3.8, 4) is 0 Å². The number of carbonyl (C=O) groups excluding carboxylic acids is 1. The van der Waals surface area contributed by atoms with Gasteiger partial charge in [-0.3, -0.25) is 9.63 Å². The van der Waals surface area contributed by atoms with E-state index in [4.69, 9.17) is 0 Å². The van der Waals surface area contributed by atoms with Crippen LogP contribution in [0.25, 0.3) is 0 Å². The number of benzene rings is 2. The summed E-state index contributed by atoms with van der Waals surface area (Å²) in [5, 5.41) is 2.63. The van der Waals surface area contributed by atoms with Gasteiger partial charge in [0.1, 0.15) is 5.82 Å². The van der Waals surface area contributed by atoms with Crippen molar-refractivity contribution in [2.24, 2.45) is 0 Å². The Labute approximate surface area is 152 Å². The molecule has 2 rings (SSSR count). The number of hydrogen-bond donors (Lipinski definition) is 1. The minimum atomic E-state index is -3.74. The number of nitrogens with zero attached hydrogens (tertiary/aromatic N) is 1. The molecule has 0 heterocycles. The van der Waals surface area contributed by atoms with E-state index in [1.54, 1.807) is 0 Å². The first-order valence-corrected chi connectivity index (χ1v) is 9.17. The van der Waals surface area contributed by atoms with Crippen molar-refractivity contribution < 1.29 is 22.4 Å². The number of sulfonamides is 1. The molecule has 9 heteroatoms. The summed E-state index contributed by atoms with van der Waals surface area (Å²) in [7, 11) is -1.22. The third-order valence-corrected chi connectivity index (χ3v) is 5.77. The normalized spacial score (nSPS) is 11.5. The quantitative estimate of drug-likeness (QED) is 0.546. The topological polar surface area (TPSA) is 75.7 Å². The van der Waals surface area contributed by atoms with E-state index in [1.807, 2.05) is 22.6 Å². The van der Waals surface area contributed by atoms with Gasteiger partial charge in [-0.25, -0.2) is 12.8 Å². The van der Waals surface area contributed by atoms with Crippen molar-refractivity contribution in [3.63, 3.8) is 0 Å². The van der Waals surface area contributed by atoms with Gasteiger partial charge in [0.25, 0.3) is 15.9 Å². The van der Waals surface area contributed by atoms with Crippen LogP contribution in [0, 0.1) is 9.39 Å². The van der Waals surface area contributed by atoms with Crippen LogP contribution in [0.3, 0.4) is 0 Å². The minimum absolute atomic E-state index is 0.0289. The highest BCUT2D eigenvalue weighted by Crippen LogP contribution is 2.19.